The van der Waals surface area contributed by atoms with E-state index in [-0.39, 0.29) is 6.61 Å². The largest absolute Gasteiger partial charge is 0.392 e. The molecule has 16 heavy (non-hydrogen) atoms. The average molecular weight is 342 g/mol. The Hall–Kier alpha value is -0.640. The summed E-state index contributed by atoms with van der Waals surface area (Å²) in [5.74, 6) is 0. The van der Waals surface area contributed by atoms with Gasteiger partial charge in [0.25, 0.3) is 0 Å². The zero-order valence-corrected chi connectivity index (χ0v) is 11.6. The van der Waals surface area contributed by atoms with Gasteiger partial charge in [0.15, 0.2) is 0 Å². The lowest BCUT2D eigenvalue weighted by Gasteiger charge is -2.04. The van der Waals surface area contributed by atoms with Crippen LogP contribution < -0.4 is 0 Å². The zero-order chi connectivity index (χ0) is 11.5. The van der Waals surface area contributed by atoms with Gasteiger partial charge in [0.05, 0.1) is 6.61 Å². The third-order valence-electron chi connectivity index (χ3n) is 2.33. The summed E-state index contributed by atoms with van der Waals surface area (Å²) in [6.07, 6.45) is 0. The molecule has 82 valence electrons. The summed E-state index contributed by atoms with van der Waals surface area (Å²) in [7, 11) is 0. The van der Waals surface area contributed by atoms with Crippen molar-refractivity contribution in [3.8, 4) is 11.1 Å². The molecule has 2 rings (SSSR count). The van der Waals surface area contributed by atoms with E-state index in [2.05, 4.69) is 44.0 Å². The van der Waals surface area contributed by atoms with Gasteiger partial charge in [-0.3, -0.25) is 0 Å². The Labute approximate surface area is 111 Å². The van der Waals surface area contributed by atoms with Gasteiger partial charge in [-0.05, 0) is 34.9 Å². The van der Waals surface area contributed by atoms with E-state index >= 15 is 0 Å². The highest BCUT2D eigenvalue weighted by atomic mass is 79.9. The van der Waals surface area contributed by atoms with Crippen LogP contribution in [0.4, 0.5) is 0 Å². The highest BCUT2D eigenvalue weighted by Crippen LogP contribution is 2.27. The Morgan fingerprint density at radius 3 is 1.88 bits per heavy atom. The molecule has 2 aromatic rings. The molecule has 0 amide bonds. The second-order valence-electron chi connectivity index (χ2n) is 3.51. The highest BCUT2D eigenvalue weighted by Gasteiger charge is 2.01. The quantitative estimate of drug-likeness (QED) is 0.859. The molecule has 0 aliphatic carbocycles. The van der Waals surface area contributed by atoms with Crippen LogP contribution in [-0.4, -0.2) is 5.11 Å². The van der Waals surface area contributed by atoms with Crippen molar-refractivity contribution in [3.63, 3.8) is 0 Å². The van der Waals surface area contributed by atoms with Crippen molar-refractivity contribution in [2.75, 3.05) is 0 Å². The van der Waals surface area contributed by atoms with E-state index in [9.17, 15) is 0 Å². The lowest BCUT2D eigenvalue weighted by molar-refractivity contribution is 0.282. The molecular weight excluding hydrogens is 332 g/mol. The molecule has 0 spiro atoms. The maximum absolute atomic E-state index is 8.97. The van der Waals surface area contributed by atoms with Gasteiger partial charge in [-0.2, -0.15) is 0 Å². The number of aliphatic hydroxyl groups excluding tert-OH is 1. The summed E-state index contributed by atoms with van der Waals surface area (Å²) in [5.41, 5.74) is 3.21. The number of hydrogen-bond donors (Lipinski definition) is 1. The van der Waals surface area contributed by atoms with Crippen molar-refractivity contribution >= 4 is 31.9 Å². The van der Waals surface area contributed by atoms with Crippen molar-refractivity contribution in [2.45, 2.75) is 6.61 Å². The van der Waals surface area contributed by atoms with Crippen LogP contribution in [0.2, 0.25) is 0 Å². The molecule has 0 aliphatic rings. The number of halogens is 2. The van der Waals surface area contributed by atoms with Gasteiger partial charge in [-0.25, -0.2) is 0 Å². The highest BCUT2D eigenvalue weighted by molar-refractivity contribution is 9.11. The minimum Gasteiger partial charge on any atom is -0.392 e. The Morgan fingerprint density at radius 2 is 1.38 bits per heavy atom. The van der Waals surface area contributed by atoms with E-state index in [1.807, 2.05) is 30.3 Å². The standard InChI is InChI=1S/C13H10Br2O/c14-12-5-11(6-13(15)7-12)10-3-1-9(8-16)2-4-10/h1-7,16H,8H2. The van der Waals surface area contributed by atoms with Gasteiger partial charge in [-0.1, -0.05) is 56.1 Å². The Balaban J connectivity index is 2.42. The fourth-order valence-electron chi connectivity index (χ4n) is 1.52. The lowest BCUT2D eigenvalue weighted by atomic mass is 10.0. The maximum atomic E-state index is 8.97. The van der Waals surface area contributed by atoms with Crippen LogP contribution in [-0.2, 0) is 6.61 Å². The van der Waals surface area contributed by atoms with Crippen LogP contribution in [0.3, 0.4) is 0 Å². The second kappa shape index (κ2) is 5.13. The van der Waals surface area contributed by atoms with E-state index in [4.69, 9.17) is 5.11 Å². The second-order valence-corrected chi connectivity index (χ2v) is 5.34. The Kier molecular flexibility index (Phi) is 3.79. The first-order valence-corrected chi connectivity index (χ1v) is 6.44. The molecule has 0 saturated heterocycles. The van der Waals surface area contributed by atoms with E-state index < -0.39 is 0 Å². The fourth-order valence-corrected chi connectivity index (χ4v) is 2.82. The molecule has 1 nitrogen and oxygen atoms in total. The van der Waals surface area contributed by atoms with Crippen LogP contribution in [0.5, 0.6) is 0 Å². The van der Waals surface area contributed by atoms with Crippen molar-refractivity contribution in [1.82, 2.24) is 0 Å². The minimum atomic E-state index is 0.0858. The van der Waals surface area contributed by atoms with Gasteiger partial charge < -0.3 is 5.11 Å². The summed E-state index contributed by atoms with van der Waals surface area (Å²) < 4.78 is 2.09. The molecule has 0 saturated carbocycles. The van der Waals surface area contributed by atoms with E-state index in [1.165, 1.54) is 0 Å². The van der Waals surface area contributed by atoms with Gasteiger partial charge in [0, 0.05) is 8.95 Å². The molecular formula is C13H10Br2O. The summed E-state index contributed by atoms with van der Waals surface area (Å²) in [4.78, 5) is 0. The lowest BCUT2D eigenvalue weighted by Crippen LogP contribution is -1.83. The van der Waals surface area contributed by atoms with Gasteiger partial charge in [0.2, 0.25) is 0 Å². The minimum absolute atomic E-state index is 0.0858. The molecule has 0 unspecified atom stereocenters. The third kappa shape index (κ3) is 2.73. The Bertz CT molecular complexity index is 472. The van der Waals surface area contributed by atoms with Gasteiger partial charge in [-0.15, -0.1) is 0 Å². The van der Waals surface area contributed by atoms with Crippen LogP contribution in [0.1, 0.15) is 5.56 Å². The molecule has 0 bridgehead atoms. The first kappa shape index (κ1) is 11.8. The predicted molar refractivity (Wildman–Crippen MR) is 73.2 cm³/mol. The Morgan fingerprint density at radius 1 is 0.812 bits per heavy atom. The van der Waals surface area contributed by atoms with Crippen molar-refractivity contribution in [2.24, 2.45) is 0 Å². The third-order valence-corrected chi connectivity index (χ3v) is 3.25. The average Bonchev–Trinajstić information content (AvgIpc) is 2.28. The van der Waals surface area contributed by atoms with Crippen LogP contribution >= 0.6 is 31.9 Å². The smallest absolute Gasteiger partial charge is 0.0681 e. The van der Waals surface area contributed by atoms with E-state index in [1.54, 1.807) is 0 Å². The number of aliphatic hydroxyl groups is 1. The molecule has 0 radical (unpaired) electrons. The van der Waals surface area contributed by atoms with Crippen LogP contribution in [0, 0.1) is 0 Å². The number of hydrogen-bond acceptors (Lipinski definition) is 1. The summed E-state index contributed by atoms with van der Waals surface area (Å²) >= 11 is 6.94. The van der Waals surface area contributed by atoms with E-state index in [0.717, 1.165) is 25.6 Å². The zero-order valence-electron chi connectivity index (χ0n) is 8.45. The molecule has 0 aromatic heterocycles. The number of rotatable bonds is 2. The van der Waals surface area contributed by atoms with Crippen molar-refractivity contribution in [3.05, 3.63) is 57.0 Å². The van der Waals surface area contributed by atoms with Crippen LogP contribution in [0.25, 0.3) is 11.1 Å². The molecule has 0 aliphatic heterocycles. The first-order chi connectivity index (χ1) is 7.69. The van der Waals surface area contributed by atoms with Crippen molar-refractivity contribution in [1.29, 1.82) is 0 Å². The first-order valence-electron chi connectivity index (χ1n) is 4.85. The van der Waals surface area contributed by atoms with Crippen molar-refractivity contribution < 1.29 is 5.11 Å². The maximum Gasteiger partial charge on any atom is 0.0681 e. The molecule has 1 N–H and O–H groups in total. The monoisotopic (exact) mass is 340 g/mol. The topological polar surface area (TPSA) is 20.2 Å². The summed E-state index contributed by atoms with van der Waals surface area (Å²) in [5, 5.41) is 8.97. The summed E-state index contributed by atoms with van der Waals surface area (Å²) in [6.45, 7) is 0.0858. The molecule has 2 aromatic carbocycles. The van der Waals surface area contributed by atoms with E-state index in [0.29, 0.717) is 0 Å². The molecule has 0 atom stereocenters. The predicted octanol–water partition coefficient (Wildman–Crippen LogP) is 4.37. The normalized spacial score (nSPS) is 10.4. The molecule has 3 heteroatoms. The number of benzene rings is 2. The summed E-state index contributed by atoms with van der Waals surface area (Å²) in [6, 6.07) is 14.0. The fraction of sp³-hybridized carbons (Fsp3) is 0.0769. The van der Waals surface area contributed by atoms with Gasteiger partial charge >= 0.3 is 0 Å². The molecule has 0 heterocycles. The van der Waals surface area contributed by atoms with Gasteiger partial charge in [0.1, 0.15) is 0 Å². The van der Waals surface area contributed by atoms with Crippen LogP contribution in [0.15, 0.2) is 51.4 Å². The SMILES string of the molecule is OCc1ccc(-c2cc(Br)cc(Br)c2)cc1. The molecule has 0 fully saturated rings.